The molecule has 0 radical (unpaired) electrons. The Kier molecular flexibility index (Phi) is 9.02. The van der Waals surface area contributed by atoms with Crippen LogP contribution in [-0.2, 0) is 14.4 Å². The summed E-state index contributed by atoms with van der Waals surface area (Å²) in [7, 11) is 0. The van der Waals surface area contributed by atoms with Gasteiger partial charge in [0.1, 0.15) is 23.4 Å². The summed E-state index contributed by atoms with van der Waals surface area (Å²) in [6.07, 6.45) is 5.65. The quantitative estimate of drug-likeness (QED) is 0.355. The zero-order valence-electron chi connectivity index (χ0n) is 21.0. The second kappa shape index (κ2) is 12.8. The number of phenolic OH excluding ortho intramolecular Hbond substituents is 1. The van der Waals surface area contributed by atoms with E-state index >= 15 is 0 Å². The molecule has 1 heterocycles. The van der Waals surface area contributed by atoms with E-state index < -0.39 is 11.9 Å². The van der Waals surface area contributed by atoms with Gasteiger partial charge in [-0.3, -0.25) is 19.3 Å². The molecule has 0 spiro atoms. The first kappa shape index (κ1) is 26.8. The molecule has 1 saturated carbocycles. The van der Waals surface area contributed by atoms with Crippen LogP contribution >= 0.6 is 0 Å². The average Bonchev–Trinajstić information content (AvgIpc) is 3.42. The van der Waals surface area contributed by atoms with Gasteiger partial charge < -0.3 is 15.7 Å². The standard InChI is InChI=1S/C29H31FN4O4/c30-21-13-15-23(16-14-21)34(27(37)10-5-9-26(36)33-25-8-3-4-19-31-25)28(20-11-17-24(35)18-12-20)29(38)32-22-6-1-2-7-22/h3-4,8,11-19,22,28,35H,1-2,5-7,9-10H2,(H,32,38)(H,31,33,36)/t28-/m0/s1. The normalized spacial score (nSPS) is 14.0. The molecule has 1 aliphatic carbocycles. The number of rotatable bonds is 10. The molecule has 0 aliphatic heterocycles. The molecule has 3 aromatic rings. The van der Waals surface area contributed by atoms with Crippen molar-refractivity contribution >= 4 is 29.2 Å². The number of amides is 3. The maximum Gasteiger partial charge on any atom is 0.248 e. The van der Waals surface area contributed by atoms with Gasteiger partial charge in [-0.25, -0.2) is 9.37 Å². The highest BCUT2D eigenvalue weighted by Crippen LogP contribution is 2.31. The zero-order chi connectivity index (χ0) is 26.9. The molecular weight excluding hydrogens is 487 g/mol. The van der Waals surface area contributed by atoms with Crippen LogP contribution in [0.4, 0.5) is 15.9 Å². The van der Waals surface area contributed by atoms with E-state index in [4.69, 9.17) is 0 Å². The van der Waals surface area contributed by atoms with Crippen LogP contribution in [-0.4, -0.2) is 33.9 Å². The Hall–Kier alpha value is -4.27. The van der Waals surface area contributed by atoms with Crippen LogP contribution in [0.5, 0.6) is 5.75 Å². The molecule has 0 bridgehead atoms. The summed E-state index contributed by atoms with van der Waals surface area (Å²) in [5.74, 6) is -1.03. The van der Waals surface area contributed by atoms with Crippen LogP contribution in [0.3, 0.4) is 0 Å². The average molecular weight is 519 g/mol. The lowest BCUT2D eigenvalue weighted by Gasteiger charge is -2.32. The van der Waals surface area contributed by atoms with Gasteiger partial charge in [-0.2, -0.15) is 0 Å². The molecule has 3 N–H and O–H groups in total. The second-order valence-electron chi connectivity index (χ2n) is 9.34. The highest BCUT2D eigenvalue weighted by Gasteiger charge is 2.34. The lowest BCUT2D eigenvalue weighted by molar-refractivity contribution is -0.127. The predicted molar refractivity (Wildman–Crippen MR) is 142 cm³/mol. The summed E-state index contributed by atoms with van der Waals surface area (Å²) < 4.78 is 13.8. The van der Waals surface area contributed by atoms with Crippen LogP contribution < -0.4 is 15.5 Å². The molecule has 9 heteroatoms. The Morgan fingerprint density at radius 2 is 1.68 bits per heavy atom. The van der Waals surface area contributed by atoms with Crippen molar-refractivity contribution in [1.29, 1.82) is 0 Å². The third-order valence-corrected chi connectivity index (χ3v) is 6.52. The number of aromatic nitrogens is 1. The Balaban J connectivity index is 1.56. The number of hydrogen-bond acceptors (Lipinski definition) is 5. The van der Waals surface area contributed by atoms with Gasteiger partial charge in [-0.05, 0) is 73.4 Å². The third kappa shape index (κ3) is 7.15. The van der Waals surface area contributed by atoms with E-state index in [1.165, 1.54) is 41.3 Å². The highest BCUT2D eigenvalue weighted by molar-refractivity contribution is 6.01. The molecule has 1 aromatic heterocycles. The van der Waals surface area contributed by atoms with Gasteiger partial charge in [-0.15, -0.1) is 0 Å². The van der Waals surface area contributed by atoms with Gasteiger partial charge in [0, 0.05) is 30.8 Å². The number of hydrogen-bond donors (Lipinski definition) is 3. The summed E-state index contributed by atoms with van der Waals surface area (Å²) in [6.45, 7) is 0. The van der Waals surface area contributed by atoms with Crippen LogP contribution in [0.15, 0.2) is 72.9 Å². The molecule has 1 atom stereocenters. The molecule has 38 heavy (non-hydrogen) atoms. The number of benzene rings is 2. The Labute approximate surface area is 220 Å². The largest absolute Gasteiger partial charge is 0.508 e. The minimum Gasteiger partial charge on any atom is -0.508 e. The van der Waals surface area contributed by atoms with Crippen molar-refractivity contribution in [3.63, 3.8) is 0 Å². The van der Waals surface area contributed by atoms with Crippen molar-refractivity contribution in [2.45, 2.75) is 57.0 Å². The number of aromatic hydroxyl groups is 1. The van der Waals surface area contributed by atoms with Crippen LogP contribution in [0.25, 0.3) is 0 Å². The fraction of sp³-hybridized carbons (Fsp3) is 0.310. The van der Waals surface area contributed by atoms with Gasteiger partial charge in [0.15, 0.2) is 0 Å². The molecule has 1 aliphatic rings. The summed E-state index contributed by atoms with van der Waals surface area (Å²) in [4.78, 5) is 45.1. The third-order valence-electron chi connectivity index (χ3n) is 6.52. The molecule has 0 unspecified atom stereocenters. The number of phenols is 1. The number of halogens is 1. The highest BCUT2D eigenvalue weighted by atomic mass is 19.1. The van der Waals surface area contributed by atoms with Crippen molar-refractivity contribution in [3.8, 4) is 5.75 Å². The summed E-state index contributed by atoms with van der Waals surface area (Å²) in [5, 5.41) is 15.6. The van der Waals surface area contributed by atoms with Crippen LogP contribution in [0, 0.1) is 5.82 Å². The van der Waals surface area contributed by atoms with Gasteiger partial charge >= 0.3 is 0 Å². The number of anilines is 2. The van der Waals surface area contributed by atoms with Gasteiger partial charge in [0.05, 0.1) is 0 Å². The van der Waals surface area contributed by atoms with Crippen molar-refractivity contribution in [2.75, 3.05) is 10.2 Å². The maximum absolute atomic E-state index is 13.8. The first-order chi connectivity index (χ1) is 18.4. The Bertz CT molecular complexity index is 1230. The molecule has 2 aromatic carbocycles. The molecular formula is C29H31FN4O4. The van der Waals surface area contributed by atoms with E-state index in [-0.39, 0.29) is 48.8 Å². The molecule has 198 valence electrons. The SMILES string of the molecule is O=C(CCCC(=O)N(c1ccc(F)cc1)[C@H](C(=O)NC1CCCC1)c1ccc(O)cc1)Nc1ccccn1. The minimum atomic E-state index is -1.04. The number of carbonyl (C=O) groups is 3. The first-order valence-corrected chi connectivity index (χ1v) is 12.8. The fourth-order valence-corrected chi connectivity index (χ4v) is 4.63. The first-order valence-electron chi connectivity index (χ1n) is 12.8. The van der Waals surface area contributed by atoms with Crippen LogP contribution in [0.1, 0.15) is 56.6 Å². The topological polar surface area (TPSA) is 112 Å². The van der Waals surface area contributed by atoms with E-state index in [1.54, 1.807) is 36.5 Å². The Morgan fingerprint density at radius 1 is 0.974 bits per heavy atom. The van der Waals surface area contributed by atoms with Gasteiger partial charge in [-0.1, -0.05) is 31.0 Å². The van der Waals surface area contributed by atoms with Crippen LogP contribution in [0.2, 0.25) is 0 Å². The summed E-state index contributed by atoms with van der Waals surface area (Å²) >= 11 is 0. The van der Waals surface area contributed by atoms with Gasteiger partial charge in [0.2, 0.25) is 17.7 Å². The molecule has 8 nitrogen and oxygen atoms in total. The molecule has 1 fully saturated rings. The van der Waals surface area contributed by atoms with Crippen molar-refractivity contribution < 1.29 is 23.9 Å². The van der Waals surface area contributed by atoms with E-state index in [0.717, 1.165) is 25.7 Å². The van der Waals surface area contributed by atoms with Crippen molar-refractivity contribution in [2.24, 2.45) is 0 Å². The van der Waals surface area contributed by atoms with E-state index in [1.807, 2.05) is 0 Å². The minimum absolute atomic E-state index is 0.0156. The molecule has 3 amide bonds. The zero-order valence-corrected chi connectivity index (χ0v) is 21.0. The fourth-order valence-electron chi connectivity index (χ4n) is 4.63. The number of pyridine rings is 1. The van der Waals surface area contributed by atoms with Crippen molar-refractivity contribution in [1.82, 2.24) is 10.3 Å². The lowest BCUT2D eigenvalue weighted by Crippen LogP contribution is -2.46. The van der Waals surface area contributed by atoms with Gasteiger partial charge in [0.25, 0.3) is 0 Å². The summed E-state index contributed by atoms with van der Waals surface area (Å²) in [5.41, 5.74) is 0.859. The Morgan fingerprint density at radius 3 is 2.34 bits per heavy atom. The number of carbonyl (C=O) groups excluding carboxylic acids is 3. The molecule has 0 saturated heterocycles. The van der Waals surface area contributed by atoms with Crippen molar-refractivity contribution in [3.05, 3.63) is 84.3 Å². The smallest absolute Gasteiger partial charge is 0.248 e. The molecule has 4 rings (SSSR count). The van der Waals surface area contributed by atoms with E-state index in [2.05, 4.69) is 15.6 Å². The predicted octanol–water partition coefficient (Wildman–Crippen LogP) is 4.87. The van der Waals surface area contributed by atoms with E-state index in [9.17, 15) is 23.9 Å². The summed E-state index contributed by atoms with van der Waals surface area (Å²) in [6, 6.07) is 15.6. The number of nitrogens with zero attached hydrogens (tertiary/aromatic N) is 2. The van der Waals surface area contributed by atoms with E-state index in [0.29, 0.717) is 17.1 Å². The lowest BCUT2D eigenvalue weighted by atomic mass is 10.0. The maximum atomic E-state index is 13.8. The number of nitrogens with one attached hydrogen (secondary N) is 2. The monoisotopic (exact) mass is 518 g/mol. The second-order valence-corrected chi connectivity index (χ2v) is 9.34.